The number of hydrogen-bond donors (Lipinski definition) is 0. The monoisotopic (exact) mass is 338 g/mol. The van der Waals surface area contributed by atoms with Gasteiger partial charge in [0, 0.05) is 5.92 Å². The van der Waals surface area contributed by atoms with E-state index in [1.807, 2.05) is 12.2 Å². The van der Waals surface area contributed by atoms with E-state index in [0.717, 1.165) is 19.3 Å². The summed E-state index contributed by atoms with van der Waals surface area (Å²) in [5.41, 5.74) is 6.67. The highest BCUT2D eigenvalue weighted by Gasteiger charge is 2.12. The van der Waals surface area contributed by atoms with Crippen LogP contribution in [0.25, 0.3) is 6.08 Å². The molecular formula is C26H26. The van der Waals surface area contributed by atoms with Crippen molar-refractivity contribution in [2.75, 3.05) is 0 Å². The Bertz CT molecular complexity index is 841. The van der Waals surface area contributed by atoms with Gasteiger partial charge in [0.15, 0.2) is 0 Å². The molecule has 26 heavy (non-hydrogen) atoms. The van der Waals surface area contributed by atoms with Crippen LogP contribution in [0.3, 0.4) is 0 Å². The van der Waals surface area contributed by atoms with Gasteiger partial charge < -0.3 is 0 Å². The minimum atomic E-state index is 0.379. The molecule has 0 heterocycles. The van der Waals surface area contributed by atoms with Crippen molar-refractivity contribution >= 4 is 6.08 Å². The second kappa shape index (κ2) is 9.01. The predicted molar refractivity (Wildman–Crippen MR) is 113 cm³/mol. The summed E-state index contributed by atoms with van der Waals surface area (Å²) in [7, 11) is 0. The van der Waals surface area contributed by atoms with Crippen LogP contribution in [0.5, 0.6) is 0 Å². The molecule has 0 spiro atoms. The molecule has 3 rings (SSSR count). The Morgan fingerprint density at radius 3 is 2.04 bits per heavy atom. The van der Waals surface area contributed by atoms with Crippen molar-refractivity contribution in [3.63, 3.8) is 0 Å². The zero-order valence-electron chi connectivity index (χ0n) is 15.3. The largest absolute Gasteiger partial charge is 0.103 e. The van der Waals surface area contributed by atoms with Crippen LogP contribution in [0.1, 0.15) is 40.2 Å². The van der Waals surface area contributed by atoms with E-state index in [9.17, 15) is 0 Å². The van der Waals surface area contributed by atoms with E-state index in [1.165, 1.54) is 27.8 Å². The van der Waals surface area contributed by atoms with Gasteiger partial charge in [-0.15, -0.1) is 6.58 Å². The number of aryl methyl sites for hydroxylation is 2. The summed E-state index contributed by atoms with van der Waals surface area (Å²) >= 11 is 0. The number of rotatable bonds is 8. The molecule has 0 aliphatic rings. The van der Waals surface area contributed by atoms with Crippen LogP contribution in [0.15, 0.2) is 98.1 Å². The van der Waals surface area contributed by atoms with E-state index in [-0.39, 0.29) is 0 Å². The van der Waals surface area contributed by atoms with Gasteiger partial charge in [0.1, 0.15) is 0 Å². The first-order chi connectivity index (χ1) is 12.8. The summed E-state index contributed by atoms with van der Waals surface area (Å²) in [5.74, 6) is 0.379. The first-order valence-corrected chi connectivity index (χ1v) is 9.27. The van der Waals surface area contributed by atoms with Crippen molar-refractivity contribution < 1.29 is 0 Å². The molecule has 0 aromatic heterocycles. The number of allylic oxidation sites excluding steroid dienone is 1. The first-order valence-electron chi connectivity index (χ1n) is 9.27. The van der Waals surface area contributed by atoms with Crippen LogP contribution in [0.2, 0.25) is 0 Å². The van der Waals surface area contributed by atoms with E-state index >= 15 is 0 Å². The van der Waals surface area contributed by atoms with Crippen molar-refractivity contribution in [3.8, 4) is 0 Å². The van der Waals surface area contributed by atoms with Gasteiger partial charge in [-0.25, -0.2) is 0 Å². The molecule has 3 aromatic rings. The Kier molecular flexibility index (Phi) is 6.22. The normalized spacial score (nSPS) is 11.7. The zero-order chi connectivity index (χ0) is 18.2. The molecule has 1 unspecified atom stereocenters. The fraction of sp³-hybridized carbons (Fsp3) is 0.154. The molecule has 1 atom stereocenters. The van der Waals surface area contributed by atoms with Gasteiger partial charge in [0.05, 0.1) is 0 Å². The molecule has 0 bridgehead atoms. The van der Waals surface area contributed by atoms with Gasteiger partial charge in [0.25, 0.3) is 0 Å². The summed E-state index contributed by atoms with van der Waals surface area (Å²) in [4.78, 5) is 0. The van der Waals surface area contributed by atoms with E-state index < -0.39 is 0 Å². The standard InChI is InChI=1S/C26H26/c1-3-10-26(24-13-6-5-7-14-24)25-19-16-21(17-20-25)15-18-23-12-9-8-11-22(23)4-2/h3-9,11-14,16-17,19-20,26H,1-2,10,15,18H2. The highest BCUT2D eigenvalue weighted by Crippen LogP contribution is 2.28. The molecule has 0 saturated heterocycles. The lowest BCUT2D eigenvalue weighted by Gasteiger charge is -2.17. The zero-order valence-corrected chi connectivity index (χ0v) is 15.3. The Hall–Kier alpha value is -2.86. The predicted octanol–water partition coefficient (Wildman–Crippen LogP) is 6.82. The molecule has 0 aliphatic carbocycles. The number of hydrogen-bond acceptors (Lipinski definition) is 0. The Balaban J connectivity index is 1.73. The van der Waals surface area contributed by atoms with Gasteiger partial charge in [-0.05, 0) is 47.1 Å². The second-order valence-corrected chi connectivity index (χ2v) is 6.63. The van der Waals surface area contributed by atoms with Gasteiger partial charge in [-0.1, -0.05) is 97.6 Å². The van der Waals surface area contributed by atoms with Gasteiger partial charge in [-0.3, -0.25) is 0 Å². The van der Waals surface area contributed by atoms with Crippen molar-refractivity contribution in [1.29, 1.82) is 0 Å². The third-order valence-electron chi connectivity index (χ3n) is 4.94. The van der Waals surface area contributed by atoms with Crippen LogP contribution in [0.4, 0.5) is 0 Å². The Morgan fingerprint density at radius 1 is 0.692 bits per heavy atom. The Morgan fingerprint density at radius 2 is 1.35 bits per heavy atom. The van der Waals surface area contributed by atoms with Crippen LogP contribution in [0, 0.1) is 0 Å². The smallest absolute Gasteiger partial charge is 0.0124 e. The highest BCUT2D eigenvalue weighted by atomic mass is 14.2. The molecule has 0 amide bonds. The van der Waals surface area contributed by atoms with Crippen LogP contribution in [-0.2, 0) is 12.8 Å². The van der Waals surface area contributed by atoms with Crippen molar-refractivity contribution in [2.45, 2.75) is 25.2 Å². The lowest BCUT2D eigenvalue weighted by atomic mass is 9.88. The highest BCUT2D eigenvalue weighted by molar-refractivity contribution is 5.51. The first kappa shape index (κ1) is 17.9. The van der Waals surface area contributed by atoms with Gasteiger partial charge in [-0.2, -0.15) is 0 Å². The molecular weight excluding hydrogens is 312 g/mol. The molecule has 0 heteroatoms. The molecule has 130 valence electrons. The maximum Gasteiger partial charge on any atom is 0.0124 e. The molecule has 0 aliphatic heterocycles. The number of benzene rings is 3. The molecule has 0 fully saturated rings. The Labute approximate surface area is 157 Å². The van der Waals surface area contributed by atoms with Gasteiger partial charge in [0.2, 0.25) is 0 Å². The molecule has 0 radical (unpaired) electrons. The lowest BCUT2D eigenvalue weighted by Crippen LogP contribution is -2.00. The molecule has 0 saturated carbocycles. The SMILES string of the molecule is C=CCC(c1ccccc1)c1ccc(CCc2ccccc2C=C)cc1. The molecule has 0 nitrogen and oxygen atoms in total. The average molecular weight is 338 g/mol. The second-order valence-electron chi connectivity index (χ2n) is 6.63. The van der Waals surface area contributed by atoms with E-state index in [0.29, 0.717) is 5.92 Å². The third kappa shape index (κ3) is 4.40. The summed E-state index contributed by atoms with van der Waals surface area (Å²) < 4.78 is 0. The van der Waals surface area contributed by atoms with Gasteiger partial charge >= 0.3 is 0 Å². The summed E-state index contributed by atoms with van der Waals surface area (Å²) in [6.45, 7) is 7.86. The topological polar surface area (TPSA) is 0 Å². The minimum absolute atomic E-state index is 0.379. The summed E-state index contributed by atoms with van der Waals surface area (Å²) in [5, 5.41) is 0. The maximum atomic E-state index is 3.94. The molecule has 0 N–H and O–H groups in total. The van der Waals surface area contributed by atoms with E-state index in [4.69, 9.17) is 0 Å². The minimum Gasteiger partial charge on any atom is -0.103 e. The fourth-order valence-corrected chi connectivity index (χ4v) is 3.47. The third-order valence-corrected chi connectivity index (χ3v) is 4.94. The molecule has 3 aromatic carbocycles. The maximum absolute atomic E-state index is 3.94. The fourth-order valence-electron chi connectivity index (χ4n) is 3.47. The quantitative estimate of drug-likeness (QED) is 0.395. The summed E-state index contributed by atoms with van der Waals surface area (Å²) in [6.07, 6.45) is 6.99. The average Bonchev–Trinajstić information content (AvgIpc) is 2.72. The lowest BCUT2D eigenvalue weighted by molar-refractivity contribution is 0.828. The van der Waals surface area contributed by atoms with Crippen molar-refractivity contribution in [2.24, 2.45) is 0 Å². The van der Waals surface area contributed by atoms with Crippen molar-refractivity contribution in [1.82, 2.24) is 0 Å². The van der Waals surface area contributed by atoms with Crippen LogP contribution >= 0.6 is 0 Å². The summed E-state index contributed by atoms with van der Waals surface area (Å²) in [6, 6.07) is 28.3. The van der Waals surface area contributed by atoms with E-state index in [1.54, 1.807) is 0 Å². The van der Waals surface area contributed by atoms with E-state index in [2.05, 4.69) is 92.0 Å². The van der Waals surface area contributed by atoms with Crippen molar-refractivity contribution in [3.05, 3.63) is 126 Å². The van der Waals surface area contributed by atoms with Crippen LogP contribution < -0.4 is 0 Å². The van der Waals surface area contributed by atoms with Crippen LogP contribution in [-0.4, -0.2) is 0 Å².